The molecule has 104 valence electrons. The monoisotopic (exact) mass is 274 g/mol. The first-order valence-corrected chi connectivity index (χ1v) is 7.57. The fourth-order valence-corrected chi connectivity index (χ4v) is 2.96. The van der Waals surface area contributed by atoms with E-state index in [1.807, 2.05) is 12.3 Å². The van der Waals surface area contributed by atoms with Crippen molar-refractivity contribution >= 4 is 16.6 Å². The highest BCUT2D eigenvalue weighted by Gasteiger charge is 2.32. The number of rotatable bonds is 4. The standard InChI is InChI=1S/C19H18N2/c1-2-6-14(7-3-1)19(15-11-12-15)21-18-10-4-9-17-16(18)8-5-13-20-17/h1-10,13,15,19,21H,11-12H2. The number of nitrogens with zero attached hydrogens (tertiary/aromatic N) is 1. The molecule has 1 aliphatic rings. The van der Waals surface area contributed by atoms with Crippen molar-refractivity contribution in [3.63, 3.8) is 0 Å². The van der Waals surface area contributed by atoms with Crippen LogP contribution in [-0.4, -0.2) is 4.98 Å². The fraction of sp³-hybridized carbons (Fsp3) is 0.211. The predicted molar refractivity (Wildman–Crippen MR) is 87.3 cm³/mol. The molecule has 21 heavy (non-hydrogen) atoms. The fourth-order valence-electron chi connectivity index (χ4n) is 2.96. The summed E-state index contributed by atoms with van der Waals surface area (Å²) < 4.78 is 0. The largest absolute Gasteiger partial charge is 0.377 e. The first-order chi connectivity index (χ1) is 10.4. The third-order valence-corrected chi connectivity index (χ3v) is 4.21. The first kappa shape index (κ1) is 12.4. The van der Waals surface area contributed by atoms with Gasteiger partial charge in [0.25, 0.3) is 0 Å². The Labute approximate surface area is 124 Å². The van der Waals surface area contributed by atoms with Gasteiger partial charge in [-0.2, -0.15) is 0 Å². The molecule has 1 aliphatic carbocycles. The average molecular weight is 274 g/mol. The van der Waals surface area contributed by atoms with Gasteiger partial charge in [-0.3, -0.25) is 4.98 Å². The number of aromatic nitrogens is 1. The maximum atomic E-state index is 4.44. The number of nitrogens with one attached hydrogen (secondary N) is 1. The molecule has 2 aromatic carbocycles. The summed E-state index contributed by atoms with van der Waals surface area (Å²) in [6, 6.07) is 21.6. The molecule has 1 heterocycles. The molecule has 0 saturated heterocycles. The lowest BCUT2D eigenvalue weighted by Gasteiger charge is -2.21. The summed E-state index contributed by atoms with van der Waals surface area (Å²) in [4.78, 5) is 4.44. The van der Waals surface area contributed by atoms with Crippen LogP contribution in [-0.2, 0) is 0 Å². The molecule has 2 nitrogen and oxygen atoms in total. The highest BCUT2D eigenvalue weighted by molar-refractivity contribution is 5.91. The molecule has 1 aromatic heterocycles. The average Bonchev–Trinajstić information content (AvgIpc) is 3.38. The van der Waals surface area contributed by atoms with Crippen LogP contribution in [0.4, 0.5) is 5.69 Å². The summed E-state index contributed by atoms with van der Waals surface area (Å²) in [5.74, 6) is 0.749. The third kappa shape index (κ3) is 2.49. The summed E-state index contributed by atoms with van der Waals surface area (Å²) in [7, 11) is 0. The van der Waals surface area contributed by atoms with E-state index in [1.54, 1.807) is 0 Å². The summed E-state index contributed by atoms with van der Waals surface area (Å²) in [6.45, 7) is 0. The van der Waals surface area contributed by atoms with Crippen LogP contribution in [0.5, 0.6) is 0 Å². The zero-order valence-corrected chi connectivity index (χ0v) is 11.9. The normalized spacial score (nSPS) is 15.8. The van der Waals surface area contributed by atoms with E-state index in [2.05, 4.69) is 64.9 Å². The summed E-state index contributed by atoms with van der Waals surface area (Å²) in [5, 5.41) is 4.96. The summed E-state index contributed by atoms with van der Waals surface area (Å²) >= 11 is 0. The number of hydrogen-bond donors (Lipinski definition) is 1. The minimum atomic E-state index is 0.400. The van der Waals surface area contributed by atoms with E-state index >= 15 is 0 Å². The number of pyridine rings is 1. The van der Waals surface area contributed by atoms with Gasteiger partial charge in [-0.25, -0.2) is 0 Å². The van der Waals surface area contributed by atoms with Crippen LogP contribution in [0.25, 0.3) is 10.9 Å². The minimum absolute atomic E-state index is 0.400. The molecule has 3 aromatic rings. The van der Waals surface area contributed by atoms with Crippen molar-refractivity contribution in [2.45, 2.75) is 18.9 Å². The second-order valence-electron chi connectivity index (χ2n) is 5.75. The third-order valence-electron chi connectivity index (χ3n) is 4.21. The van der Waals surface area contributed by atoms with Crippen molar-refractivity contribution in [2.75, 3.05) is 5.32 Å². The van der Waals surface area contributed by atoms with Gasteiger partial charge in [0.1, 0.15) is 0 Å². The van der Waals surface area contributed by atoms with Crippen LogP contribution in [0.15, 0.2) is 66.9 Å². The van der Waals surface area contributed by atoms with Gasteiger partial charge in [0, 0.05) is 17.3 Å². The Morgan fingerprint density at radius 2 is 1.76 bits per heavy atom. The lowest BCUT2D eigenvalue weighted by Crippen LogP contribution is -2.13. The van der Waals surface area contributed by atoms with Crippen LogP contribution in [0.1, 0.15) is 24.4 Å². The Morgan fingerprint density at radius 3 is 2.57 bits per heavy atom. The Hall–Kier alpha value is -2.35. The molecule has 1 N–H and O–H groups in total. The molecule has 0 aliphatic heterocycles. The van der Waals surface area contributed by atoms with E-state index in [1.165, 1.54) is 29.5 Å². The smallest absolute Gasteiger partial charge is 0.0722 e. The molecule has 0 bridgehead atoms. The molecule has 0 spiro atoms. The Kier molecular flexibility index (Phi) is 3.07. The molecule has 1 saturated carbocycles. The Balaban J connectivity index is 1.72. The molecular weight excluding hydrogens is 256 g/mol. The molecular formula is C19H18N2. The van der Waals surface area contributed by atoms with Crippen molar-refractivity contribution < 1.29 is 0 Å². The van der Waals surface area contributed by atoms with Crippen molar-refractivity contribution in [1.29, 1.82) is 0 Å². The first-order valence-electron chi connectivity index (χ1n) is 7.57. The van der Waals surface area contributed by atoms with Gasteiger partial charge in [-0.05, 0) is 48.6 Å². The quantitative estimate of drug-likeness (QED) is 0.739. The zero-order valence-electron chi connectivity index (χ0n) is 11.9. The number of anilines is 1. The SMILES string of the molecule is c1ccc(C(Nc2cccc3ncccc23)C2CC2)cc1. The predicted octanol–water partition coefficient (Wildman–Crippen LogP) is 4.80. The molecule has 1 unspecified atom stereocenters. The van der Waals surface area contributed by atoms with Crippen LogP contribution >= 0.6 is 0 Å². The van der Waals surface area contributed by atoms with Gasteiger partial charge in [0.2, 0.25) is 0 Å². The number of benzene rings is 2. The van der Waals surface area contributed by atoms with Crippen molar-refractivity contribution in [2.24, 2.45) is 5.92 Å². The van der Waals surface area contributed by atoms with Gasteiger partial charge >= 0.3 is 0 Å². The van der Waals surface area contributed by atoms with E-state index in [-0.39, 0.29) is 0 Å². The number of hydrogen-bond acceptors (Lipinski definition) is 2. The van der Waals surface area contributed by atoms with Gasteiger partial charge in [-0.15, -0.1) is 0 Å². The maximum Gasteiger partial charge on any atom is 0.0722 e. The second-order valence-corrected chi connectivity index (χ2v) is 5.75. The van der Waals surface area contributed by atoms with Crippen LogP contribution in [0.2, 0.25) is 0 Å². The molecule has 1 atom stereocenters. The second kappa shape index (κ2) is 5.21. The zero-order chi connectivity index (χ0) is 14.1. The molecule has 4 rings (SSSR count). The Bertz CT molecular complexity index is 742. The van der Waals surface area contributed by atoms with E-state index < -0.39 is 0 Å². The van der Waals surface area contributed by atoms with Crippen LogP contribution in [0, 0.1) is 5.92 Å². The highest BCUT2D eigenvalue weighted by Crippen LogP contribution is 2.43. The Morgan fingerprint density at radius 1 is 0.905 bits per heavy atom. The summed E-state index contributed by atoms with van der Waals surface area (Å²) in [5.41, 5.74) is 3.60. The van der Waals surface area contributed by atoms with Gasteiger partial charge in [-0.1, -0.05) is 36.4 Å². The van der Waals surface area contributed by atoms with Gasteiger partial charge < -0.3 is 5.32 Å². The van der Waals surface area contributed by atoms with Crippen molar-refractivity contribution in [3.8, 4) is 0 Å². The molecule has 2 heteroatoms. The van der Waals surface area contributed by atoms with E-state index in [4.69, 9.17) is 0 Å². The van der Waals surface area contributed by atoms with Gasteiger partial charge in [0.15, 0.2) is 0 Å². The minimum Gasteiger partial charge on any atom is -0.377 e. The van der Waals surface area contributed by atoms with Gasteiger partial charge in [0.05, 0.1) is 11.6 Å². The molecule has 1 fully saturated rings. The van der Waals surface area contributed by atoms with Crippen LogP contribution < -0.4 is 5.32 Å². The lowest BCUT2D eigenvalue weighted by molar-refractivity contribution is 0.680. The molecule has 0 radical (unpaired) electrons. The summed E-state index contributed by atoms with van der Waals surface area (Å²) in [6.07, 6.45) is 4.48. The lowest BCUT2D eigenvalue weighted by atomic mass is 10.0. The van der Waals surface area contributed by atoms with E-state index in [9.17, 15) is 0 Å². The van der Waals surface area contributed by atoms with Crippen LogP contribution in [0.3, 0.4) is 0 Å². The highest BCUT2D eigenvalue weighted by atomic mass is 14.9. The van der Waals surface area contributed by atoms with E-state index in [0.717, 1.165) is 11.4 Å². The van der Waals surface area contributed by atoms with Crippen molar-refractivity contribution in [1.82, 2.24) is 4.98 Å². The van der Waals surface area contributed by atoms with E-state index in [0.29, 0.717) is 6.04 Å². The maximum absolute atomic E-state index is 4.44. The number of fused-ring (bicyclic) bond motifs is 1. The van der Waals surface area contributed by atoms with Crippen molar-refractivity contribution in [3.05, 3.63) is 72.4 Å². The topological polar surface area (TPSA) is 24.9 Å². The molecule has 0 amide bonds.